The van der Waals surface area contributed by atoms with Gasteiger partial charge in [-0.15, -0.1) is 0 Å². The third kappa shape index (κ3) is 2.17. The standard InChI is InChI=1S/C10H18N2OS/c1-7-10(2,5-6-13-7)12-9(14)11-8-3-4-8/h7-8H,3-6H2,1-2H3,(H2,11,12,14). The smallest absolute Gasteiger partial charge is 0.167 e. The number of hydrogen-bond acceptors (Lipinski definition) is 2. The maximum atomic E-state index is 5.54. The van der Waals surface area contributed by atoms with E-state index < -0.39 is 0 Å². The molecule has 2 rings (SSSR count). The van der Waals surface area contributed by atoms with Crippen LogP contribution in [0.5, 0.6) is 0 Å². The molecule has 1 saturated heterocycles. The lowest BCUT2D eigenvalue weighted by Crippen LogP contribution is -2.54. The second-order valence-electron chi connectivity index (χ2n) is 4.55. The van der Waals surface area contributed by atoms with Crippen LogP contribution in [0.1, 0.15) is 33.1 Å². The van der Waals surface area contributed by atoms with E-state index in [9.17, 15) is 0 Å². The maximum absolute atomic E-state index is 5.54. The van der Waals surface area contributed by atoms with E-state index in [1.807, 2.05) is 0 Å². The van der Waals surface area contributed by atoms with E-state index >= 15 is 0 Å². The normalized spacial score (nSPS) is 36.9. The highest BCUT2D eigenvalue weighted by Gasteiger charge is 2.38. The molecule has 0 bridgehead atoms. The van der Waals surface area contributed by atoms with Gasteiger partial charge in [0.05, 0.1) is 11.6 Å². The first-order chi connectivity index (χ1) is 6.60. The highest BCUT2D eigenvalue weighted by Crippen LogP contribution is 2.25. The van der Waals surface area contributed by atoms with E-state index in [2.05, 4.69) is 24.5 Å². The van der Waals surface area contributed by atoms with Crippen molar-refractivity contribution in [3.8, 4) is 0 Å². The number of ether oxygens (including phenoxy) is 1. The first kappa shape index (κ1) is 10.2. The molecule has 2 N–H and O–H groups in total. The summed E-state index contributed by atoms with van der Waals surface area (Å²) in [5, 5.41) is 7.45. The number of hydrogen-bond donors (Lipinski definition) is 2. The predicted octanol–water partition coefficient (Wildman–Crippen LogP) is 1.18. The van der Waals surface area contributed by atoms with E-state index in [0.717, 1.165) is 18.1 Å². The predicted molar refractivity (Wildman–Crippen MR) is 60.3 cm³/mol. The Kier molecular flexibility index (Phi) is 2.66. The monoisotopic (exact) mass is 214 g/mol. The van der Waals surface area contributed by atoms with E-state index in [0.29, 0.717) is 6.04 Å². The van der Waals surface area contributed by atoms with Crippen molar-refractivity contribution in [1.29, 1.82) is 0 Å². The zero-order chi connectivity index (χ0) is 10.2. The molecule has 1 aliphatic heterocycles. The van der Waals surface area contributed by atoms with Crippen LogP contribution in [0.3, 0.4) is 0 Å². The highest BCUT2D eigenvalue weighted by molar-refractivity contribution is 7.80. The van der Waals surface area contributed by atoms with Gasteiger partial charge in [0.15, 0.2) is 5.11 Å². The van der Waals surface area contributed by atoms with Crippen molar-refractivity contribution >= 4 is 17.3 Å². The summed E-state index contributed by atoms with van der Waals surface area (Å²) in [6.07, 6.45) is 3.77. The van der Waals surface area contributed by atoms with Crippen molar-refractivity contribution in [2.45, 2.75) is 50.8 Å². The lowest BCUT2D eigenvalue weighted by atomic mass is 9.95. The van der Waals surface area contributed by atoms with Gasteiger partial charge >= 0.3 is 0 Å². The second-order valence-corrected chi connectivity index (χ2v) is 4.96. The quantitative estimate of drug-likeness (QED) is 0.676. The minimum absolute atomic E-state index is 0.0129. The zero-order valence-electron chi connectivity index (χ0n) is 8.80. The summed E-state index contributed by atoms with van der Waals surface area (Å²) in [5.74, 6) is 0. The fraction of sp³-hybridized carbons (Fsp3) is 0.900. The van der Waals surface area contributed by atoms with Crippen LogP contribution in [0.25, 0.3) is 0 Å². The van der Waals surface area contributed by atoms with Crippen molar-refractivity contribution in [3.05, 3.63) is 0 Å². The molecule has 0 radical (unpaired) electrons. The minimum Gasteiger partial charge on any atom is -0.376 e. The molecule has 1 saturated carbocycles. The largest absolute Gasteiger partial charge is 0.376 e. The van der Waals surface area contributed by atoms with E-state index in [4.69, 9.17) is 17.0 Å². The molecule has 4 heteroatoms. The van der Waals surface area contributed by atoms with Crippen LogP contribution in [-0.4, -0.2) is 29.4 Å². The van der Waals surface area contributed by atoms with Crippen LogP contribution in [0.15, 0.2) is 0 Å². The molecule has 2 unspecified atom stereocenters. The molecule has 0 aromatic heterocycles. The van der Waals surface area contributed by atoms with Gasteiger partial charge in [-0.1, -0.05) is 0 Å². The topological polar surface area (TPSA) is 33.3 Å². The molecule has 0 amide bonds. The van der Waals surface area contributed by atoms with Crippen LogP contribution in [0, 0.1) is 0 Å². The Morgan fingerprint density at radius 1 is 1.50 bits per heavy atom. The molecule has 2 fully saturated rings. The highest BCUT2D eigenvalue weighted by atomic mass is 32.1. The summed E-state index contributed by atoms with van der Waals surface area (Å²) < 4.78 is 5.54. The first-order valence-electron chi connectivity index (χ1n) is 5.30. The van der Waals surface area contributed by atoms with Gasteiger partial charge in [0.25, 0.3) is 0 Å². The second kappa shape index (κ2) is 3.66. The van der Waals surface area contributed by atoms with Crippen molar-refractivity contribution in [1.82, 2.24) is 10.6 Å². The molecule has 2 atom stereocenters. The molecule has 80 valence electrons. The van der Waals surface area contributed by atoms with E-state index in [-0.39, 0.29) is 11.6 Å². The molecule has 1 aliphatic carbocycles. The Morgan fingerprint density at radius 3 is 2.71 bits per heavy atom. The molecule has 1 heterocycles. The van der Waals surface area contributed by atoms with Gasteiger partial charge in [0.2, 0.25) is 0 Å². The first-order valence-corrected chi connectivity index (χ1v) is 5.71. The molecule has 0 aromatic carbocycles. The van der Waals surface area contributed by atoms with E-state index in [1.165, 1.54) is 12.8 Å². The van der Waals surface area contributed by atoms with Gasteiger partial charge < -0.3 is 15.4 Å². The Bertz CT molecular complexity index is 242. The van der Waals surface area contributed by atoms with Crippen molar-refractivity contribution in [3.63, 3.8) is 0 Å². The molecule has 0 spiro atoms. The van der Waals surface area contributed by atoms with E-state index in [1.54, 1.807) is 0 Å². The number of rotatable bonds is 2. The Hall–Kier alpha value is -0.350. The van der Waals surface area contributed by atoms with Crippen molar-refractivity contribution < 1.29 is 4.74 Å². The fourth-order valence-corrected chi connectivity index (χ4v) is 2.11. The molecule has 0 aromatic rings. The van der Waals surface area contributed by atoms with Crippen LogP contribution < -0.4 is 10.6 Å². The van der Waals surface area contributed by atoms with Gasteiger partial charge in [0.1, 0.15) is 0 Å². The average Bonchev–Trinajstić information content (AvgIpc) is 2.82. The molecule has 3 nitrogen and oxygen atoms in total. The zero-order valence-corrected chi connectivity index (χ0v) is 9.62. The van der Waals surface area contributed by atoms with Gasteiger partial charge in [-0.05, 0) is 45.3 Å². The summed E-state index contributed by atoms with van der Waals surface area (Å²) >= 11 is 5.25. The van der Waals surface area contributed by atoms with Gasteiger partial charge in [-0.2, -0.15) is 0 Å². The third-order valence-electron chi connectivity index (χ3n) is 3.20. The molecule has 2 aliphatic rings. The van der Waals surface area contributed by atoms with Crippen LogP contribution >= 0.6 is 12.2 Å². The summed E-state index contributed by atoms with van der Waals surface area (Å²) in [7, 11) is 0. The average molecular weight is 214 g/mol. The molecular weight excluding hydrogens is 196 g/mol. The van der Waals surface area contributed by atoms with Gasteiger partial charge in [-0.3, -0.25) is 0 Å². The van der Waals surface area contributed by atoms with Gasteiger partial charge in [-0.25, -0.2) is 0 Å². The molecule has 14 heavy (non-hydrogen) atoms. The minimum atomic E-state index is 0.0129. The van der Waals surface area contributed by atoms with Crippen LogP contribution in [0.2, 0.25) is 0 Å². The summed E-state index contributed by atoms with van der Waals surface area (Å²) in [4.78, 5) is 0. The van der Waals surface area contributed by atoms with Gasteiger partial charge in [0, 0.05) is 12.6 Å². The van der Waals surface area contributed by atoms with Crippen molar-refractivity contribution in [2.75, 3.05) is 6.61 Å². The Labute approximate surface area is 90.6 Å². The lowest BCUT2D eigenvalue weighted by Gasteiger charge is -2.30. The van der Waals surface area contributed by atoms with Crippen molar-refractivity contribution in [2.24, 2.45) is 0 Å². The third-order valence-corrected chi connectivity index (χ3v) is 3.42. The SMILES string of the molecule is CC1OCCC1(C)NC(=S)NC1CC1. The number of thiocarbonyl (C=S) groups is 1. The number of nitrogens with one attached hydrogen (secondary N) is 2. The Morgan fingerprint density at radius 2 is 2.21 bits per heavy atom. The maximum Gasteiger partial charge on any atom is 0.167 e. The van der Waals surface area contributed by atoms with Crippen LogP contribution in [0.4, 0.5) is 0 Å². The summed E-state index contributed by atoms with van der Waals surface area (Å²) in [5.41, 5.74) is 0.0129. The van der Waals surface area contributed by atoms with Crippen LogP contribution in [-0.2, 0) is 4.74 Å². The lowest BCUT2D eigenvalue weighted by molar-refractivity contribution is 0.0947. The summed E-state index contributed by atoms with van der Waals surface area (Å²) in [6.45, 7) is 5.10. The fourth-order valence-electron chi connectivity index (χ4n) is 1.71. The summed E-state index contributed by atoms with van der Waals surface area (Å²) in [6, 6.07) is 0.622. The molecular formula is C10H18N2OS. The Balaban J connectivity index is 1.84.